The number of aliphatic carboxylic acids is 1. The molecule has 0 aliphatic rings. The van der Waals surface area contributed by atoms with Crippen LogP contribution < -0.4 is 5.32 Å². The van der Waals surface area contributed by atoms with Gasteiger partial charge in [0, 0.05) is 17.6 Å². The molecule has 1 amide bonds. The van der Waals surface area contributed by atoms with Crippen LogP contribution >= 0.6 is 11.6 Å². The predicted molar refractivity (Wildman–Crippen MR) is 87.6 cm³/mol. The number of carboxylic acid groups (broad SMARTS) is 1. The Hall–Kier alpha value is -2.34. The minimum absolute atomic E-state index is 0.160. The van der Waals surface area contributed by atoms with Crippen molar-refractivity contribution < 1.29 is 14.7 Å². The number of amides is 1. The summed E-state index contributed by atoms with van der Waals surface area (Å²) in [5.41, 5.74) is 0.319. The van der Waals surface area contributed by atoms with Gasteiger partial charge in [0.05, 0.1) is 11.9 Å². The highest BCUT2D eigenvalue weighted by atomic mass is 35.5. The van der Waals surface area contributed by atoms with Crippen molar-refractivity contribution in [2.45, 2.75) is 32.2 Å². The number of benzene rings is 1. The number of nitrogens with one attached hydrogen (secondary N) is 1. The van der Waals surface area contributed by atoms with Crippen LogP contribution in [-0.4, -0.2) is 26.8 Å². The molecule has 122 valence electrons. The third-order valence-corrected chi connectivity index (χ3v) is 3.77. The van der Waals surface area contributed by atoms with E-state index in [4.69, 9.17) is 16.7 Å². The fourth-order valence-electron chi connectivity index (χ4n) is 1.92. The van der Waals surface area contributed by atoms with Gasteiger partial charge >= 0.3 is 5.97 Å². The van der Waals surface area contributed by atoms with E-state index in [9.17, 15) is 9.59 Å². The average Bonchev–Trinajstić information content (AvgIpc) is 2.95. The maximum Gasteiger partial charge on any atom is 0.331 e. The van der Waals surface area contributed by atoms with Crippen LogP contribution in [0.3, 0.4) is 0 Å². The van der Waals surface area contributed by atoms with E-state index in [-0.39, 0.29) is 5.91 Å². The number of carbonyl (C=O) groups excluding carboxylic acids is 1. The fourth-order valence-corrected chi connectivity index (χ4v) is 2.05. The molecule has 0 aliphatic carbocycles. The Balaban J connectivity index is 1.92. The average molecular weight is 336 g/mol. The molecular weight excluding hydrogens is 318 g/mol. The summed E-state index contributed by atoms with van der Waals surface area (Å²) in [5.74, 6) is -1.16. The Morgan fingerprint density at radius 2 is 1.96 bits per heavy atom. The Kier molecular flexibility index (Phi) is 5.05. The van der Waals surface area contributed by atoms with Crippen molar-refractivity contribution in [3.63, 3.8) is 0 Å². The maximum atomic E-state index is 12.0. The van der Waals surface area contributed by atoms with Crippen molar-refractivity contribution in [2.75, 3.05) is 5.32 Å². The number of anilines is 1. The third-order valence-electron chi connectivity index (χ3n) is 3.52. The second-order valence-corrected chi connectivity index (χ2v) is 6.15. The lowest BCUT2D eigenvalue weighted by atomic mass is 10.1. The number of rotatable bonds is 6. The number of nitrogens with zero attached hydrogens (tertiary/aromatic N) is 2. The van der Waals surface area contributed by atoms with Crippen LogP contribution in [0.1, 0.15) is 25.8 Å². The molecule has 2 N–H and O–H groups in total. The summed E-state index contributed by atoms with van der Waals surface area (Å²) in [4.78, 5) is 23.1. The van der Waals surface area contributed by atoms with Gasteiger partial charge in [-0.2, -0.15) is 5.10 Å². The summed E-state index contributed by atoms with van der Waals surface area (Å²) in [7, 11) is 0. The van der Waals surface area contributed by atoms with Crippen molar-refractivity contribution in [3.8, 4) is 0 Å². The van der Waals surface area contributed by atoms with Crippen LogP contribution in [0.5, 0.6) is 0 Å². The van der Waals surface area contributed by atoms with Crippen LogP contribution in [0.2, 0.25) is 5.02 Å². The second kappa shape index (κ2) is 6.83. The van der Waals surface area contributed by atoms with Crippen LogP contribution in [-0.2, 0) is 21.5 Å². The van der Waals surface area contributed by atoms with Gasteiger partial charge < -0.3 is 10.4 Å². The molecule has 1 aromatic carbocycles. The van der Waals surface area contributed by atoms with Crippen molar-refractivity contribution in [3.05, 3.63) is 47.2 Å². The Labute approximate surface area is 139 Å². The van der Waals surface area contributed by atoms with Crippen LogP contribution in [0, 0.1) is 0 Å². The van der Waals surface area contributed by atoms with E-state index in [1.54, 1.807) is 12.1 Å². The van der Waals surface area contributed by atoms with E-state index in [1.807, 2.05) is 12.1 Å². The first kappa shape index (κ1) is 17.0. The molecule has 1 aromatic heterocycles. The topological polar surface area (TPSA) is 84.2 Å². The number of hydrogen-bond donors (Lipinski definition) is 2. The first-order valence-electron chi connectivity index (χ1n) is 7.12. The van der Waals surface area contributed by atoms with Gasteiger partial charge in [0.25, 0.3) is 0 Å². The van der Waals surface area contributed by atoms with Gasteiger partial charge in [0.15, 0.2) is 5.54 Å². The summed E-state index contributed by atoms with van der Waals surface area (Å²) in [6, 6.07) is 7.33. The van der Waals surface area contributed by atoms with Crippen molar-refractivity contribution in [1.29, 1.82) is 0 Å². The van der Waals surface area contributed by atoms with Crippen molar-refractivity contribution >= 4 is 29.2 Å². The van der Waals surface area contributed by atoms with Crippen LogP contribution in [0.15, 0.2) is 36.7 Å². The summed E-state index contributed by atoms with van der Waals surface area (Å²) < 4.78 is 1.31. The third kappa shape index (κ3) is 4.32. The normalized spacial score (nSPS) is 11.3. The lowest BCUT2D eigenvalue weighted by molar-refractivity contribution is -0.146. The predicted octanol–water partition coefficient (Wildman–Crippen LogP) is 2.93. The molecular formula is C16H18ClN3O3. The van der Waals surface area contributed by atoms with Gasteiger partial charge in [0.2, 0.25) is 5.91 Å². The number of halogens is 1. The molecule has 0 atom stereocenters. The number of aromatic nitrogens is 2. The van der Waals surface area contributed by atoms with Gasteiger partial charge in [-0.3, -0.25) is 9.48 Å². The quantitative estimate of drug-likeness (QED) is 0.850. The molecule has 2 aromatic rings. The van der Waals surface area contributed by atoms with Gasteiger partial charge in [-0.25, -0.2) is 4.79 Å². The molecule has 0 aliphatic heterocycles. The zero-order valence-electron chi connectivity index (χ0n) is 12.9. The summed E-state index contributed by atoms with van der Waals surface area (Å²) in [6.45, 7) is 3.07. The van der Waals surface area contributed by atoms with E-state index in [1.165, 1.54) is 30.9 Å². The number of aryl methyl sites for hydroxylation is 1. The second-order valence-electron chi connectivity index (χ2n) is 5.71. The van der Waals surface area contributed by atoms with Crippen molar-refractivity contribution in [1.82, 2.24) is 9.78 Å². The van der Waals surface area contributed by atoms with Gasteiger partial charge in [-0.15, -0.1) is 0 Å². The molecule has 0 unspecified atom stereocenters. The Morgan fingerprint density at radius 1 is 1.30 bits per heavy atom. The van der Waals surface area contributed by atoms with E-state index in [2.05, 4.69) is 10.4 Å². The summed E-state index contributed by atoms with van der Waals surface area (Å²) in [5, 5.41) is 16.5. The smallest absolute Gasteiger partial charge is 0.331 e. The standard InChI is InChI=1S/C16H18ClN3O3/c1-16(2,15(22)23)20-10-13(9-18-20)19-14(21)8-5-11-3-6-12(17)7-4-11/h3-4,6-7,9-10H,5,8H2,1-2H3,(H,19,21)(H,22,23). The van der Waals surface area contributed by atoms with Crippen molar-refractivity contribution in [2.24, 2.45) is 0 Å². The summed E-state index contributed by atoms with van der Waals surface area (Å²) >= 11 is 5.81. The molecule has 0 saturated heterocycles. The number of carboxylic acids is 1. The van der Waals surface area contributed by atoms with Gasteiger partial charge in [0.1, 0.15) is 0 Å². The molecule has 0 spiro atoms. The van der Waals surface area contributed by atoms with E-state index < -0.39 is 11.5 Å². The molecule has 0 bridgehead atoms. The largest absolute Gasteiger partial charge is 0.479 e. The molecule has 0 saturated carbocycles. The first-order valence-corrected chi connectivity index (χ1v) is 7.49. The number of carbonyl (C=O) groups is 2. The highest BCUT2D eigenvalue weighted by molar-refractivity contribution is 6.30. The molecule has 6 nitrogen and oxygen atoms in total. The SMILES string of the molecule is CC(C)(C(=O)O)n1cc(NC(=O)CCc2ccc(Cl)cc2)cn1. The minimum atomic E-state index is -1.17. The summed E-state index contributed by atoms with van der Waals surface area (Å²) in [6.07, 6.45) is 3.85. The minimum Gasteiger partial charge on any atom is -0.479 e. The lowest BCUT2D eigenvalue weighted by Gasteiger charge is -2.19. The van der Waals surface area contributed by atoms with Gasteiger partial charge in [-0.1, -0.05) is 23.7 Å². The molecule has 0 fully saturated rings. The maximum absolute atomic E-state index is 12.0. The Bertz CT molecular complexity index is 708. The van der Waals surface area contributed by atoms with Gasteiger partial charge in [-0.05, 0) is 38.0 Å². The van der Waals surface area contributed by atoms with E-state index in [0.717, 1.165) is 5.56 Å². The number of hydrogen-bond acceptors (Lipinski definition) is 3. The molecule has 23 heavy (non-hydrogen) atoms. The van der Waals surface area contributed by atoms with E-state index >= 15 is 0 Å². The zero-order valence-corrected chi connectivity index (χ0v) is 13.7. The van der Waals surface area contributed by atoms with Crippen LogP contribution in [0.4, 0.5) is 5.69 Å². The Morgan fingerprint density at radius 3 is 2.57 bits per heavy atom. The molecule has 1 heterocycles. The lowest BCUT2D eigenvalue weighted by Crippen LogP contribution is -2.35. The first-order chi connectivity index (χ1) is 10.8. The molecule has 2 rings (SSSR count). The monoisotopic (exact) mass is 335 g/mol. The fraction of sp³-hybridized carbons (Fsp3) is 0.312. The molecule has 7 heteroatoms. The highest BCUT2D eigenvalue weighted by Gasteiger charge is 2.30. The zero-order chi connectivity index (χ0) is 17.0. The van der Waals surface area contributed by atoms with E-state index in [0.29, 0.717) is 23.6 Å². The van der Waals surface area contributed by atoms with Crippen LogP contribution in [0.25, 0.3) is 0 Å². The highest BCUT2D eigenvalue weighted by Crippen LogP contribution is 2.17. The molecule has 0 radical (unpaired) electrons.